The molecule has 0 saturated carbocycles. The summed E-state index contributed by atoms with van der Waals surface area (Å²) in [4.78, 5) is 36.2. The number of aromatic nitrogens is 3. The van der Waals surface area contributed by atoms with Crippen molar-refractivity contribution >= 4 is 39.6 Å². The highest BCUT2D eigenvalue weighted by atomic mass is 16.7. The molecule has 2 amide bonds. The Balaban J connectivity index is 1.36. The number of amides is 2. The fraction of sp³-hybridized carbons (Fsp3) is 0.294. The third-order valence-corrected chi connectivity index (χ3v) is 8.35. The molecule has 4 heterocycles. The Morgan fingerprint density at radius 1 is 0.978 bits per heavy atom. The zero-order valence-electron chi connectivity index (χ0n) is 25.4. The standard InChI is InChI=1S/C34H34N6O5/c1-34(2,3)45-33(42)39-14-6-8-20(15-39)40-16-25(27-30(35)37-17-38-32(27)40)22-12-13-23(29-28(22)43-18-44-29)26-21-9-5-4-7-19(21)10-11-24(26)31(36)41/h4-5,7,9-13,16-17,20H,6,8,14-15,18H2,1-3H3,(H2,36,41)(H2,35,37,38)/t20-/m1/s1. The quantitative estimate of drug-likeness (QED) is 0.257. The first kappa shape index (κ1) is 28.5. The van der Waals surface area contributed by atoms with E-state index < -0.39 is 11.5 Å². The number of ether oxygens (including phenoxy) is 3. The third-order valence-electron chi connectivity index (χ3n) is 8.35. The summed E-state index contributed by atoms with van der Waals surface area (Å²) in [6.45, 7) is 6.69. The van der Waals surface area contributed by atoms with Gasteiger partial charge in [-0.25, -0.2) is 14.8 Å². The Kier molecular flexibility index (Phi) is 6.76. The van der Waals surface area contributed by atoms with Gasteiger partial charge in [0.15, 0.2) is 11.5 Å². The van der Waals surface area contributed by atoms with Crippen LogP contribution in [0.25, 0.3) is 44.1 Å². The van der Waals surface area contributed by atoms with Crippen LogP contribution in [0.4, 0.5) is 10.6 Å². The van der Waals surface area contributed by atoms with Gasteiger partial charge in [-0.2, -0.15) is 0 Å². The van der Waals surface area contributed by atoms with Gasteiger partial charge in [-0.15, -0.1) is 0 Å². The van der Waals surface area contributed by atoms with Crippen LogP contribution in [0.1, 0.15) is 50.0 Å². The number of benzene rings is 3. The molecule has 230 valence electrons. The average molecular weight is 607 g/mol. The van der Waals surface area contributed by atoms with Crippen LogP contribution in [0.15, 0.2) is 61.1 Å². The summed E-state index contributed by atoms with van der Waals surface area (Å²) in [5, 5.41) is 2.52. The van der Waals surface area contributed by atoms with E-state index in [-0.39, 0.29) is 18.9 Å². The van der Waals surface area contributed by atoms with Crippen molar-refractivity contribution in [3.63, 3.8) is 0 Å². The summed E-state index contributed by atoms with van der Waals surface area (Å²) < 4.78 is 19.9. The predicted octanol–water partition coefficient (Wildman–Crippen LogP) is 5.90. The maximum Gasteiger partial charge on any atom is 0.410 e. The molecule has 0 radical (unpaired) electrons. The van der Waals surface area contributed by atoms with Crippen molar-refractivity contribution in [2.45, 2.75) is 45.3 Å². The van der Waals surface area contributed by atoms with E-state index >= 15 is 0 Å². The Morgan fingerprint density at radius 2 is 1.73 bits per heavy atom. The minimum atomic E-state index is -0.585. The van der Waals surface area contributed by atoms with Crippen LogP contribution < -0.4 is 20.9 Å². The third kappa shape index (κ3) is 4.94. The molecular weight excluding hydrogens is 572 g/mol. The number of nitrogens with zero attached hydrogens (tertiary/aromatic N) is 4. The highest BCUT2D eigenvalue weighted by Crippen LogP contribution is 2.51. The lowest BCUT2D eigenvalue weighted by Crippen LogP contribution is -2.43. The van der Waals surface area contributed by atoms with E-state index in [0.29, 0.717) is 58.1 Å². The molecule has 11 nitrogen and oxygen atoms in total. The lowest BCUT2D eigenvalue weighted by Gasteiger charge is -2.34. The Bertz CT molecular complexity index is 2000. The molecular formula is C34H34N6O5. The van der Waals surface area contributed by atoms with E-state index in [1.807, 2.05) is 69.4 Å². The number of carbonyl (C=O) groups excluding carboxylic acids is 2. The first-order valence-electron chi connectivity index (χ1n) is 14.9. The van der Waals surface area contributed by atoms with Crippen LogP contribution in [0, 0.1) is 0 Å². The number of primary amides is 1. The SMILES string of the molecule is CC(C)(C)OC(=O)N1CCC[C@@H](n2cc(-c3ccc(-c4c(C(N)=O)ccc5ccccc45)c4c3OCO4)c3c(N)ncnc32)C1. The summed E-state index contributed by atoms with van der Waals surface area (Å²) in [6, 6.07) is 15.3. The summed E-state index contributed by atoms with van der Waals surface area (Å²) in [5.41, 5.74) is 15.7. The van der Waals surface area contributed by atoms with Gasteiger partial charge in [0.25, 0.3) is 0 Å². The second-order valence-corrected chi connectivity index (χ2v) is 12.4. The molecule has 7 rings (SSSR count). The molecule has 11 heteroatoms. The Morgan fingerprint density at radius 3 is 2.51 bits per heavy atom. The minimum absolute atomic E-state index is 0.00805. The number of anilines is 1. The van der Waals surface area contributed by atoms with Crippen LogP contribution in [-0.4, -0.2) is 56.9 Å². The highest BCUT2D eigenvalue weighted by Gasteiger charge is 2.32. The van der Waals surface area contributed by atoms with Crippen molar-refractivity contribution in [2.24, 2.45) is 5.73 Å². The number of carbonyl (C=O) groups is 2. The molecule has 1 saturated heterocycles. The van der Waals surface area contributed by atoms with Gasteiger partial charge in [0, 0.05) is 47.1 Å². The molecule has 1 atom stereocenters. The molecule has 2 aliphatic heterocycles. The van der Waals surface area contributed by atoms with E-state index in [1.54, 1.807) is 11.0 Å². The molecule has 1 fully saturated rings. The number of hydrogen-bond acceptors (Lipinski definition) is 8. The van der Waals surface area contributed by atoms with Crippen molar-refractivity contribution in [1.82, 2.24) is 19.4 Å². The smallest absolute Gasteiger partial charge is 0.410 e. The Hall–Kier alpha value is -5.32. The van der Waals surface area contributed by atoms with Crippen molar-refractivity contribution in [3.8, 4) is 33.8 Å². The van der Waals surface area contributed by atoms with Gasteiger partial charge in [0.2, 0.25) is 12.7 Å². The largest absolute Gasteiger partial charge is 0.453 e. The fourth-order valence-electron chi connectivity index (χ4n) is 6.44. The molecule has 45 heavy (non-hydrogen) atoms. The van der Waals surface area contributed by atoms with Gasteiger partial charge in [0.1, 0.15) is 23.4 Å². The van der Waals surface area contributed by atoms with E-state index in [2.05, 4.69) is 14.5 Å². The van der Waals surface area contributed by atoms with E-state index in [4.69, 9.17) is 25.7 Å². The van der Waals surface area contributed by atoms with Crippen LogP contribution in [0.5, 0.6) is 11.5 Å². The van der Waals surface area contributed by atoms with E-state index in [1.165, 1.54) is 6.33 Å². The molecule has 2 aliphatic rings. The van der Waals surface area contributed by atoms with Gasteiger partial charge < -0.3 is 35.1 Å². The normalized spacial score (nSPS) is 16.3. The van der Waals surface area contributed by atoms with E-state index in [0.717, 1.165) is 34.7 Å². The number of piperidine rings is 1. The number of fused-ring (bicyclic) bond motifs is 3. The lowest BCUT2D eigenvalue weighted by atomic mass is 9.90. The van der Waals surface area contributed by atoms with Gasteiger partial charge in [-0.3, -0.25) is 4.79 Å². The summed E-state index contributed by atoms with van der Waals surface area (Å²) in [6.07, 6.45) is 4.78. The highest BCUT2D eigenvalue weighted by molar-refractivity contribution is 6.11. The van der Waals surface area contributed by atoms with Gasteiger partial charge in [-0.05, 0) is 62.6 Å². The van der Waals surface area contributed by atoms with Crippen molar-refractivity contribution in [2.75, 3.05) is 25.6 Å². The van der Waals surface area contributed by atoms with Crippen molar-refractivity contribution in [3.05, 3.63) is 66.6 Å². The number of nitrogen functional groups attached to an aromatic ring is 1. The molecule has 5 aromatic rings. The number of nitrogens with two attached hydrogens (primary N) is 2. The average Bonchev–Trinajstić information content (AvgIpc) is 3.66. The second-order valence-electron chi connectivity index (χ2n) is 12.4. The maximum absolute atomic E-state index is 12.9. The van der Waals surface area contributed by atoms with Gasteiger partial charge in [-0.1, -0.05) is 30.3 Å². The van der Waals surface area contributed by atoms with Crippen LogP contribution in [0.2, 0.25) is 0 Å². The van der Waals surface area contributed by atoms with Gasteiger partial charge >= 0.3 is 6.09 Å². The molecule has 0 spiro atoms. The fourth-order valence-corrected chi connectivity index (χ4v) is 6.44. The second kappa shape index (κ2) is 10.7. The molecule has 0 unspecified atom stereocenters. The minimum Gasteiger partial charge on any atom is -0.453 e. The first-order chi connectivity index (χ1) is 21.6. The van der Waals surface area contributed by atoms with Crippen LogP contribution >= 0.6 is 0 Å². The summed E-state index contributed by atoms with van der Waals surface area (Å²) >= 11 is 0. The van der Waals surface area contributed by atoms with E-state index in [9.17, 15) is 9.59 Å². The predicted molar refractivity (Wildman–Crippen MR) is 171 cm³/mol. The maximum atomic E-state index is 12.9. The summed E-state index contributed by atoms with van der Waals surface area (Å²) in [7, 11) is 0. The van der Waals surface area contributed by atoms with Crippen LogP contribution in [-0.2, 0) is 4.74 Å². The molecule has 3 aromatic carbocycles. The van der Waals surface area contributed by atoms with Crippen LogP contribution in [0.3, 0.4) is 0 Å². The lowest BCUT2D eigenvalue weighted by molar-refractivity contribution is 0.0174. The molecule has 0 aliphatic carbocycles. The monoisotopic (exact) mass is 606 g/mol. The van der Waals surface area contributed by atoms with Gasteiger partial charge in [0.05, 0.1) is 11.4 Å². The first-order valence-corrected chi connectivity index (χ1v) is 14.9. The Labute approximate surface area is 259 Å². The molecule has 2 aromatic heterocycles. The number of likely N-dealkylation sites (tertiary alicyclic amines) is 1. The van der Waals surface area contributed by atoms with Crippen molar-refractivity contribution < 1.29 is 23.8 Å². The molecule has 4 N–H and O–H groups in total. The zero-order chi connectivity index (χ0) is 31.5. The summed E-state index contributed by atoms with van der Waals surface area (Å²) in [5.74, 6) is 0.831. The number of hydrogen-bond donors (Lipinski definition) is 2. The molecule has 0 bridgehead atoms. The number of rotatable bonds is 4. The van der Waals surface area contributed by atoms with Crippen molar-refractivity contribution in [1.29, 1.82) is 0 Å². The zero-order valence-corrected chi connectivity index (χ0v) is 25.4. The topological polar surface area (TPSA) is 148 Å².